The lowest BCUT2D eigenvalue weighted by Gasteiger charge is -2.31. The quantitative estimate of drug-likeness (QED) is 0.0293. The second kappa shape index (κ2) is 34.5. The van der Waals surface area contributed by atoms with Crippen molar-refractivity contribution in [1.29, 1.82) is 0 Å². The minimum absolute atomic E-state index is 0.0358. The van der Waals surface area contributed by atoms with E-state index in [9.17, 15) is 24.0 Å². The molecule has 0 aromatic heterocycles. The summed E-state index contributed by atoms with van der Waals surface area (Å²) in [6.45, 7) is 32.0. The Morgan fingerprint density at radius 2 is 0.939 bits per heavy atom. The summed E-state index contributed by atoms with van der Waals surface area (Å²) in [5.41, 5.74) is 4.28. The Morgan fingerprint density at radius 1 is 0.549 bits per heavy atom. The van der Waals surface area contributed by atoms with Crippen molar-refractivity contribution in [2.75, 3.05) is 19.8 Å². The van der Waals surface area contributed by atoms with E-state index in [0.717, 1.165) is 84.4 Å². The highest BCUT2D eigenvalue weighted by Gasteiger charge is 2.41. The summed E-state index contributed by atoms with van der Waals surface area (Å²) < 4.78 is 15.1. The first-order valence-electron chi connectivity index (χ1n) is 30.8. The highest BCUT2D eigenvalue weighted by Crippen LogP contribution is 2.51. The normalized spacial score (nSPS) is 22.4. The van der Waals surface area contributed by atoms with Crippen LogP contribution in [0.1, 0.15) is 194 Å². The highest BCUT2D eigenvalue weighted by molar-refractivity contribution is 7.95. The van der Waals surface area contributed by atoms with Crippen molar-refractivity contribution in [1.82, 2.24) is 0 Å². The number of allylic oxidation sites excluding steroid dienone is 5. The fourth-order valence-corrected chi connectivity index (χ4v) is 15.9. The maximum Gasteiger partial charge on any atom is 0.331 e. The largest absolute Gasteiger partial charge is 0.481 e. The SMILES string of the molecule is CC1=CCC(CC=O)C1(C)C.CC1CCC(CCCC(=O)O)C1(C)C.CCOC(=O)/C=C/CC1CC=C(C)C1(C)C.CCOC(=O)C=P(c1ccccc1)(c1ccccc1)c1ccccc1.CCOC(=O)CCCC1CCC(C)C1(C)C. The van der Waals surface area contributed by atoms with Gasteiger partial charge in [-0.3, -0.25) is 9.59 Å². The lowest BCUT2D eigenvalue weighted by atomic mass is 9.74. The molecule has 0 bridgehead atoms. The van der Waals surface area contributed by atoms with Crippen molar-refractivity contribution in [3.63, 3.8) is 0 Å². The van der Waals surface area contributed by atoms with E-state index >= 15 is 0 Å². The standard InChI is InChI=1S/C22H21O2P.C14H26O2.C14H22O2.C12H22O2.C10H16O/c1-2-24-22(23)18-25(19-12-6-3-7-13-19,20-14-8-4-9-15-20)21-16-10-5-11-17-21;2*1-5-16-13(15)8-6-7-12-10-9-11(2)14(12,3)4;1-9-7-8-10(12(9,2)3)5-4-6-11(13)14;1-8-4-5-9(6-7-11)10(8,2)3/h3-18H,2H2,1H3;11-12H,5-10H2,1-4H3;6,8-9,12H,5,7,10H2,1-4H3;9-10H,4-8H2,1-3H3,(H,13,14);4,7,9H,5-6H2,1-3H3/b;;8-6+;;. The Kier molecular flexibility index (Phi) is 29.9. The second-order valence-corrected chi connectivity index (χ2v) is 28.7. The number of carboxylic acid groups (broad SMARTS) is 1. The predicted molar refractivity (Wildman–Crippen MR) is 344 cm³/mol. The van der Waals surface area contributed by atoms with E-state index in [1.807, 2.05) is 81.4 Å². The molecule has 3 aromatic rings. The van der Waals surface area contributed by atoms with Crippen LogP contribution in [0.25, 0.3) is 0 Å². The second-order valence-electron chi connectivity index (χ2n) is 25.5. The number of carbonyl (C=O) groups excluding carboxylic acids is 4. The topological polar surface area (TPSA) is 133 Å². The Labute approximate surface area is 496 Å². The van der Waals surface area contributed by atoms with Crippen molar-refractivity contribution in [3.05, 3.63) is 126 Å². The van der Waals surface area contributed by atoms with Gasteiger partial charge in [-0.05, 0) is 185 Å². The monoisotopic (exact) mass is 1150 g/mol. The molecule has 2 fully saturated rings. The molecular formula is C72H107O9P. The van der Waals surface area contributed by atoms with E-state index in [2.05, 4.69) is 132 Å². The van der Waals surface area contributed by atoms with E-state index in [-0.39, 0.29) is 28.7 Å². The van der Waals surface area contributed by atoms with Crippen molar-refractivity contribution in [3.8, 4) is 0 Å². The Hall–Kier alpha value is -5.27. The van der Waals surface area contributed by atoms with Crippen molar-refractivity contribution < 1.29 is 43.3 Å². The van der Waals surface area contributed by atoms with Crippen LogP contribution in [0.15, 0.2) is 126 Å². The molecule has 0 heterocycles. The van der Waals surface area contributed by atoms with Crippen molar-refractivity contribution >= 4 is 58.8 Å². The molecular weight excluding hydrogens is 1040 g/mol. The van der Waals surface area contributed by atoms with Crippen LogP contribution in [0.3, 0.4) is 0 Å². The molecule has 0 spiro atoms. The molecule has 1 N–H and O–H groups in total. The lowest BCUT2D eigenvalue weighted by molar-refractivity contribution is -0.143. The smallest absolute Gasteiger partial charge is 0.331 e. The average molecular weight is 1150 g/mol. The Morgan fingerprint density at radius 3 is 1.28 bits per heavy atom. The molecule has 0 amide bonds. The first kappa shape index (κ1) is 71.0. The lowest BCUT2D eigenvalue weighted by Crippen LogP contribution is -2.29. The van der Waals surface area contributed by atoms with Gasteiger partial charge in [0.05, 0.1) is 19.8 Å². The zero-order valence-corrected chi connectivity index (χ0v) is 54.2. The number of ether oxygens (including phenoxy) is 3. The van der Waals surface area contributed by atoms with E-state index in [0.29, 0.717) is 61.7 Å². The third kappa shape index (κ3) is 20.8. The van der Waals surface area contributed by atoms with Gasteiger partial charge in [0.1, 0.15) is 6.29 Å². The summed E-state index contributed by atoms with van der Waals surface area (Å²) in [4.78, 5) is 55.6. The van der Waals surface area contributed by atoms with Crippen LogP contribution >= 0.6 is 6.89 Å². The predicted octanol–water partition coefficient (Wildman–Crippen LogP) is 16.5. The summed E-state index contributed by atoms with van der Waals surface area (Å²) in [6.07, 6.45) is 23.2. The summed E-state index contributed by atoms with van der Waals surface area (Å²) in [5, 5.41) is 12.0. The van der Waals surface area contributed by atoms with Gasteiger partial charge in [0.15, 0.2) is 0 Å². The molecule has 2 saturated carbocycles. The minimum Gasteiger partial charge on any atom is -0.481 e. The number of aliphatic carboxylic acids is 1. The number of aldehydes is 1. The fraction of sp³-hybridized carbons (Fsp3) is 0.583. The van der Waals surface area contributed by atoms with Crippen LogP contribution in [-0.4, -0.2) is 60.9 Å². The highest BCUT2D eigenvalue weighted by atomic mass is 31.2. The summed E-state index contributed by atoms with van der Waals surface area (Å²) in [7, 11) is 0. The van der Waals surface area contributed by atoms with Gasteiger partial charge in [0.25, 0.3) is 0 Å². The molecule has 10 heteroatoms. The van der Waals surface area contributed by atoms with Gasteiger partial charge in [-0.25, -0.2) is 9.59 Å². The van der Waals surface area contributed by atoms with Gasteiger partial charge in [-0.15, -0.1) is 0 Å². The van der Waals surface area contributed by atoms with Gasteiger partial charge >= 0.3 is 23.9 Å². The number of esters is 3. The molecule has 6 atom stereocenters. The summed E-state index contributed by atoms with van der Waals surface area (Å²) >= 11 is 0. The zero-order valence-electron chi connectivity index (χ0n) is 53.3. The zero-order chi connectivity index (χ0) is 61.2. The third-order valence-electron chi connectivity index (χ3n) is 19.6. The Bertz CT molecular complexity index is 2470. The van der Waals surface area contributed by atoms with E-state index in [4.69, 9.17) is 19.3 Å². The molecule has 0 radical (unpaired) electrons. The first-order chi connectivity index (χ1) is 38.8. The van der Waals surface area contributed by atoms with Gasteiger partial charge in [0, 0.05) is 31.1 Å². The van der Waals surface area contributed by atoms with Crippen molar-refractivity contribution in [2.24, 2.45) is 57.2 Å². The first-order valence-corrected chi connectivity index (χ1v) is 32.7. The minimum atomic E-state index is -2.24. The summed E-state index contributed by atoms with van der Waals surface area (Å²) in [6, 6.07) is 30.7. The molecule has 9 nitrogen and oxygen atoms in total. The molecule has 82 heavy (non-hydrogen) atoms. The fourth-order valence-electron chi connectivity index (χ4n) is 12.3. The Balaban J connectivity index is 0.000000277. The maximum absolute atomic E-state index is 12.5. The van der Waals surface area contributed by atoms with Crippen LogP contribution in [0.2, 0.25) is 0 Å². The molecule has 6 unspecified atom stereocenters. The van der Waals surface area contributed by atoms with Gasteiger partial charge in [-0.1, -0.05) is 190 Å². The number of hydrogen-bond acceptors (Lipinski definition) is 8. The maximum atomic E-state index is 12.5. The number of carbonyl (C=O) groups is 5. The number of benzene rings is 3. The molecule has 0 saturated heterocycles. The van der Waals surface area contributed by atoms with Crippen molar-refractivity contribution in [2.45, 2.75) is 194 Å². The van der Waals surface area contributed by atoms with Crippen LogP contribution in [0.5, 0.6) is 0 Å². The molecule has 4 aliphatic rings. The van der Waals surface area contributed by atoms with Gasteiger partial charge in [-0.2, -0.15) is 0 Å². The van der Waals surface area contributed by atoms with Crippen LogP contribution < -0.4 is 15.9 Å². The van der Waals surface area contributed by atoms with Crippen LogP contribution in [0.4, 0.5) is 0 Å². The number of carboxylic acids is 1. The van der Waals surface area contributed by atoms with Crippen LogP contribution in [-0.2, 0) is 38.2 Å². The number of hydrogen-bond donors (Lipinski definition) is 1. The molecule has 4 aliphatic carbocycles. The van der Waals surface area contributed by atoms with Crippen LogP contribution in [0, 0.1) is 57.2 Å². The summed E-state index contributed by atoms with van der Waals surface area (Å²) in [5.74, 6) is 4.89. The number of rotatable bonds is 20. The average Bonchev–Trinajstić information content (AvgIpc) is 4.17. The molecule has 0 aliphatic heterocycles. The molecule has 454 valence electrons. The van der Waals surface area contributed by atoms with Gasteiger partial charge < -0.3 is 24.1 Å². The van der Waals surface area contributed by atoms with E-state index in [1.165, 1.54) is 43.3 Å². The third-order valence-corrected chi connectivity index (χ3v) is 23.6. The van der Waals surface area contributed by atoms with E-state index in [1.54, 1.807) is 11.9 Å². The van der Waals surface area contributed by atoms with E-state index < -0.39 is 12.9 Å². The molecule has 7 rings (SSSR count). The van der Waals surface area contributed by atoms with Gasteiger partial charge in [0.2, 0.25) is 0 Å². The molecule has 3 aromatic carbocycles.